The molecule has 0 aliphatic rings. The van der Waals surface area contributed by atoms with Crippen molar-refractivity contribution in [2.75, 3.05) is 26.0 Å². The van der Waals surface area contributed by atoms with Crippen LogP contribution in [0.5, 0.6) is 0 Å². The number of hydrogen-bond donors (Lipinski definition) is 2. The molecule has 0 radical (unpaired) electrons. The largest absolute Gasteiger partial charge is 0.364 e. The molecular weight excluding hydrogens is 230 g/mol. The molecule has 2 rings (SSSR count). The van der Waals surface area contributed by atoms with Crippen molar-refractivity contribution in [1.82, 2.24) is 19.7 Å². The molecule has 2 heterocycles. The van der Waals surface area contributed by atoms with Gasteiger partial charge in [-0.2, -0.15) is 5.10 Å². The summed E-state index contributed by atoms with van der Waals surface area (Å²) in [6.45, 7) is 2.99. The van der Waals surface area contributed by atoms with Crippen LogP contribution in [0.1, 0.15) is 6.92 Å². The molecule has 0 amide bonds. The molecule has 2 aromatic heterocycles. The zero-order valence-corrected chi connectivity index (χ0v) is 11.2. The molecule has 0 aliphatic carbocycles. The molecule has 2 aromatic rings. The van der Waals surface area contributed by atoms with Crippen LogP contribution in [-0.2, 0) is 7.05 Å². The molecule has 2 N–H and O–H groups in total. The van der Waals surface area contributed by atoms with Crippen LogP contribution in [0.4, 0.5) is 5.82 Å². The van der Waals surface area contributed by atoms with Gasteiger partial charge in [0.25, 0.3) is 5.56 Å². The van der Waals surface area contributed by atoms with Gasteiger partial charge < -0.3 is 15.2 Å². The van der Waals surface area contributed by atoms with E-state index in [0.717, 1.165) is 17.7 Å². The molecule has 6 heteroatoms. The van der Waals surface area contributed by atoms with Crippen LogP contribution in [0.25, 0.3) is 10.9 Å². The third kappa shape index (κ3) is 2.38. The predicted molar refractivity (Wildman–Crippen MR) is 73.0 cm³/mol. The first-order valence-corrected chi connectivity index (χ1v) is 5.94. The van der Waals surface area contributed by atoms with Gasteiger partial charge in [-0.25, -0.2) is 4.68 Å². The maximum absolute atomic E-state index is 11.8. The standard InChI is InChI=1S/C12H19N5O/c1-8(7-16(2)3)14-11-9-5-6-13-10(9)12(18)17(4)15-11/h5-6,8,13H,7H2,1-4H3,(H,14,15). The number of aryl methyl sites for hydroxylation is 1. The topological polar surface area (TPSA) is 66.0 Å². The quantitative estimate of drug-likeness (QED) is 0.834. The number of H-pyrrole nitrogens is 1. The minimum Gasteiger partial charge on any atom is -0.364 e. The number of nitrogens with zero attached hydrogens (tertiary/aromatic N) is 3. The van der Waals surface area contributed by atoms with Gasteiger partial charge in [0.05, 0.1) is 0 Å². The number of rotatable bonds is 4. The summed E-state index contributed by atoms with van der Waals surface area (Å²) in [4.78, 5) is 16.9. The van der Waals surface area contributed by atoms with Gasteiger partial charge in [0.15, 0.2) is 5.82 Å². The van der Waals surface area contributed by atoms with Gasteiger partial charge in [0.1, 0.15) is 5.52 Å². The molecule has 0 bridgehead atoms. The summed E-state index contributed by atoms with van der Waals surface area (Å²) in [6.07, 6.45) is 1.76. The van der Waals surface area contributed by atoms with E-state index in [4.69, 9.17) is 0 Å². The summed E-state index contributed by atoms with van der Waals surface area (Å²) in [6, 6.07) is 2.12. The molecular formula is C12H19N5O. The van der Waals surface area contributed by atoms with Crippen LogP contribution in [-0.4, -0.2) is 46.3 Å². The number of nitrogens with one attached hydrogen (secondary N) is 2. The smallest absolute Gasteiger partial charge is 0.290 e. The highest BCUT2D eigenvalue weighted by Crippen LogP contribution is 2.17. The SMILES string of the molecule is CC(CN(C)C)Nc1nn(C)c(=O)c2[nH]ccc12. The predicted octanol–water partition coefficient (Wildman–Crippen LogP) is 0.624. The van der Waals surface area contributed by atoms with Gasteiger partial charge in [-0.15, -0.1) is 0 Å². The molecule has 0 saturated carbocycles. The zero-order valence-electron chi connectivity index (χ0n) is 11.2. The lowest BCUT2D eigenvalue weighted by molar-refractivity contribution is 0.391. The molecule has 98 valence electrons. The normalized spacial score (nSPS) is 13.2. The molecule has 0 fully saturated rings. The third-order valence-electron chi connectivity index (χ3n) is 2.78. The van der Waals surface area contributed by atoms with E-state index >= 15 is 0 Å². The van der Waals surface area contributed by atoms with Crippen LogP contribution in [0.15, 0.2) is 17.1 Å². The Bertz CT molecular complexity index is 598. The van der Waals surface area contributed by atoms with Crippen molar-refractivity contribution in [2.24, 2.45) is 7.05 Å². The molecule has 0 aliphatic heterocycles. The van der Waals surface area contributed by atoms with E-state index in [-0.39, 0.29) is 11.6 Å². The Balaban J connectivity index is 2.36. The second kappa shape index (κ2) is 4.81. The van der Waals surface area contributed by atoms with Crippen molar-refractivity contribution in [3.8, 4) is 0 Å². The average Bonchev–Trinajstić information content (AvgIpc) is 2.73. The Morgan fingerprint density at radius 3 is 2.94 bits per heavy atom. The minimum atomic E-state index is -0.110. The summed E-state index contributed by atoms with van der Waals surface area (Å²) < 4.78 is 1.35. The van der Waals surface area contributed by atoms with E-state index < -0.39 is 0 Å². The van der Waals surface area contributed by atoms with E-state index in [2.05, 4.69) is 27.2 Å². The fourth-order valence-corrected chi connectivity index (χ4v) is 2.09. The van der Waals surface area contributed by atoms with E-state index in [1.54, 1.807) is 13.2 Å². The van der Waals surface area contributed by atoms with Gasteiger partial charge in [0, 0.05) is 31.2 Å². The van der Waals surface area contributed by atoms with Crippen LogP contribution in [0.2, 0.25) is 0 Å². The van der Waals surface area contributed by atoms with Gasteiger partial charge in [-0.1, -0.05) is 0 Å². The second-order valence-electron chi connectivity index (χ2n) is 4.85. The number of anilines is 1. The fourth-order valence-electron chi connectivity index (χ4n) is 2.09. The number of aromatic amines is 1. The summed E-state index contributed by atoms with van der Waals surface area (Å²) in [7, 11) is 5.71. The molecule has 1 unspecified atom stereocenters. The number of hydrogen-bond acceptors (Lipinski definition) is 4. The lowest BCUT2D eigenvalue weighted by atomic mass is 10.3. The van der Waals surface area contributed by atoms with Gasteiger partial charge in [0.2, 0.25) is 0 Å². The average molecular weight is 249 g/mol. The van der Waals surface area contributed by atoms with Gasteiger partial charge in [-0.05, 0) is 27.1 Å². The van der Waals surface area contributed by atoms with Crippen molar-refractivity contribution < 1.29 is 0 Å². The van der Waals surface area contributed by atoms with Crippen molar-refractivity contribution >= 4 is 16.7 Å². The highest BCUT2D eigenvalue weighted by atomic mass is 16.1. The highest BCUT2D eigenvalue weighted by molar-refractivity contribution is 5.88. The van der Waals surface area contributed by atoms with Crippen LogP contribution in [0.3, 0.4) is 0 Å². The lowest BCUT2D eigenvalue weighted by Gasteiger charge is -2.19. The van der Waals surface area contributed by atoms with Crippen LogP contribution in [0, 0.1) is 0 Å². The zero-order chi connectivity index (χ0) is 13.3. The minimum absolute atomic E-state index is 0.110. The van der Waals surface area contributed by atoms with E-state index in [9.17, 15) is 4.79 Å². The van der Waals surface area contributed by atoms with Gasteiger partial charge in [-0.3, -0.25) is 4.79 Å². The monoisotopic (exact) mass is 249 g/mol. The molecule has 0 spiro atoms. The van der Waals surface area contributed by atoms with Crippen molar-refractivity contribution in [2.45, 2.75) is 13.0 Å². The van der Waals surface area contributed by atoms with Crippen LogP contribution >= 0.6 is 0 Å². The Morgan fingerprint density at radius 1 is 1.56 bits per heavy atom. The molecule has 0 aromatic carbocycles. The molecule has 1 atom stereocenters. The second-order valence-corrected chi connectivity index (χ2v) is 4.85. The van der Waals surface area contributed by atoms with E-state index in [1.807, 2.05) is 20.2 Å². The van der Waals surface area contributed by atoms with E-state index in [0.29, 0.717) is 5.52 Å². The van der Waals surface area contributed by atoms with Gasteiger partial charge >= 0.3 is 0 Å². The Hall–Kier alpha value is -1.82. The molecule has 6 nitrogen and oxygen atoms in total. The van der Waals surface area contributed by atoms with Crippen LogP contribution < -0.4 is 10.9 Å². The molecule has 0 saturated heterocycles. The number of likely N-dealkylation sites (N-methyl/N-ethyl adjacent to an activating group) is 1. The van der Waals surface area contributed by atoms with E-state index in [1.165, 1.54) is 4.68 Å². The number of aromatic nitrogens is 3. The summed E-state index contributed by atoms with van der Waals surface area (Å²) in [5, 5.41) is 8.45. The van der Waals surface area contributed by atoms with Crippen molar-refractivity contribution in [3.63, 3.8) is 0 Å². The maximum Gasteiger partial charge on any atom is 0.290 e. The first kappa shape index (κ1) is 12.6. The lowest BCUT2D eigenvalue weighted by Crippen LogP contribution is -2.31. The first-order chi connectivity index (χ1) is 8.49. The maximum atomic E-state index is 11.8. The van der Waals surface area contributed by atoms with Crippen molar-refractivity contribution in [1.29, 1.82) is 0 Å². The highest BCUT2D eigenvalue weighted by Gasteiger charge is 2.12. The Kier molecular flexibility index (Phi) is 3.38. The number of fused-ring (bicyclic) bond motifs is 1. The summed E-state index contributed by atoms with van der Waals surface area (Å²) in [5.41, 5.74) is 0.480. The Morgan fingerprint density at radius 2 is 2.28 bits per heavy atom. The Labute approximate surface area is 106 Å². The summed E-state index contributed by atoms with van der Waals surface area (Å²) >= 11 is 0. The molecule has 18 heavy (non-hydrogen) atoms. The third-order valence-corrected chi connectivity index (χ3v) is 2.78. The first-order valence-electron chi connectivity index (χ1n) is 5.94. The van der Waals surface area contributed by atoms with Crippen molar-refractivity contribution in [3.05, 3.63) is 22.6 Å². The summed E-state index contributed by atoms with van der Waals surface area (Å²) in [5.74, 6) is 0.739. The fraction of sp³-hybridized carbons (Fsp3) is 0.500.